The van der Waals surface area contributed by atoms with Gasteiger partial charge >= 0.3 is 0 Å². The lowest BCUT2D eigenvalue weighted by Crippen LogP contribution is -2.41. The quantitative estimate of drug-likeness (QED) is 0.353. The van der Waals surface area contributed by atoms with Crippen molar-refractivity contribution in [2.45, 2.75) is 31.7 Å². The third-order valence-corrected chi connectivity index (χ3v) is 5.52. The van der Waals surface area contributed by atoms with E-state index < -0.39 is 5.91 Å². The SMILES string of the molecule is CCNC(=NCc1ccc(C(=O)NCC(N)=O)cc1)NCC1(c2cccc(Cl)c2)CC1. The van der Waals surface area contributed by atoms with Crippen molar-refractivity contribution >= 4 is 29.4 Å². The number of halogens is 1. The highest BCUT2D eigenvalue weighted by Crippen LogP contribution is 2.48. The molecule has 0 aliphatic heterocycles. The second-order valence-electron chi connectivity index (χ2n) is 7.69. The predicted octanol–water partition coefficient (Wildman–Crippen LogP) is 2.34. The zero-order chi connectivity index (χ0) is 22.3. The second kappa shape index (κ2) is 10.3. The summed E-state index contributed by atoms with van der Waals surface area (Å²) in [5, 5.41) is 9.96. The average molecular weight is 442 g/mol. The summed E-state index contributed by atoms with van der Waals surface area (Å²) in [6.07, 6.45) is 2.25. The van der Waals surface area contributed by atoms with Crippen LogP contribution in [-0.4, -0.2) is 37.4 Å². The number of amides is 2. The molecule has 2 aromatic rings. The molecule has 2 aromatic carbocycles. The van der Waals surface area contributed by atoms with Crippen LogP contribution in [0.25, 0.3) is 0 Å². The maximum Gasteiger partial charge on any atom is 0.251 e. The van der Waals surface area contributed by atoms with Gasteiger partial charge in [-0.1, -0.05) is 35.9 Å². The summed E-state index contributed by atoms with van der Waals surface area (Å²) in [5.41, 5.74) is 7.85. The summed E-state index contributed by atoms with van der Waals surface area (Å²) in [6, 6.07) is 15.2. The first-order valence-electron chi connectivity index (χ1n) is 10.4. The molecule has 3 rings (SSSR count). The van der Waals surface area contributed by atoms with Gasteiger partial charge in [-0.2, -0.15) is 0 Å². The molecule has 0 aromatic heterocycles. The lowest BCUT2D eigenvalue weighted by atomic mass is 9.96. The van der Waals surface area contributed by atoms with Gasteiger partial charge in [-0.15, -0.1) is 0 Å². The van der Waals surface area contributed by atoms with Crippen LogP contribution in [0.2, 0.25) is 5.02 Å². The Labute approximate surface area is 187 Å². The van der Waals surface area contributed by atoms with E-state index >= 15 is 0 Å². The number of aliphatic imine (C=N–C) groups is 1. The van der Waals surface area contributed by atoms with E-state index in [9.17, 15) is 9.59 Å². The van der Waals surface area contributed by atoms with E-state index in [0.29, 0.717) is 12.1 Å². The van der Waals surface area contributed by atoms with Gasteiger partial charge in [0.15, 0.2) is 5.96 Å². The van der Waals surface area contributed by atoms with E-state index in [4.69, 9.17) is 17.3 Å². The van der Waals surface area contributed by atoms with Crippen molar-refractivity contribution in [2.24, 2.45) is 10.7 Å². The first-order chi connectivity index (χ1) is 14.9. The summed E-state index contributed by atoms with van der Waals surface area (Å²) in [6.45, 7) is 3.87. The zero-order valence-corrected chi connectivity index (χ0v) is 18.3. The van der Waals surface area contributed by atoms with Crippen LogP contribution in [-0.2, 0) is 16.8 Å². The molecular formula is C23H28ClN5O2. The third-order valence-electron chi connectivity index (χ3n) is 5.29. The van der Waals surface area contributed by atoms with Gasteiger partial charge in [-0.05, 0) is 55.2 Å². The number of hydrogen-bond acceptors (Lipinski definition) is 3. The number of nitrogens with zero attached hydrogens (tertiary/aromatic N) is 1. The van der Waals surface area contributed by atoms with Crippen LogP contribution in [0.15, 0.2) is 53.5 Å². The van der Waals surface area contributed by atoms with Crippen molar-refractivity contribution in [3.63, 3.8) is 0 Å². The van der Waals surface area contributed by atoms with Gasteiger partial charge in [-0.3, -0.25) is 9.59 Å². The molecule has 164 valence electrons. The number of guanidine groups is 1. The van der Waals surface area contributed by atoms with Gasteiger partial charge in [0.25, 0.3) is 5.91 Å². The number of carbonyl (C=O) groups excluding carboxylic acids is 2. The van der Waals surface area contributed by atoms with Crippen molar-refractivity contribution in [3.8, 4) is 0 Å². The molecule has 1 aliphatic carbocycles. The minimum Gasteiger partial charge on any atom is -0.368 e. The molecule has 1 aliphatic rings. The lowest BCUT2D eigenvalue weighted by molar-refractivity contribution is -0.117. The molecular weight excluding hydrogens is 414 g/mol. The van der Waals surface area contributed by atoms with E-state index in [2.05, 4.69) is 27.0 Å². The highest BCUT2D eigenvalue weighted by atomic mass is 35.5. The minimum atomic E-state index is -0.578. The maximum atomic E-state index is 12.0. The number of primary amides is 1. The zero-order valence-electron chi connectivity index (χ0n) is 17.6. The molecule has 7 nitrogen and oxygen atoms in total. The number of rotatable bonds is 9. The molecule has 0 unspecified atom stereocenters. The van der Waals surface area contributed by atoms with E-state index in [0.717, 1.165) is 42.5 Å². The largest absolute Gasteiger partial charge is 0.368 e. The van der Waals surface area contributed by atoms with Gasteiger partial charge in [-0.25, -0.2) is 4.99 Å². The van der Waals surface area contributed by atoms with Crippen LogP contribution < -0.4 is 21.7 Å². The first kappa shape index (κ1) is 22.6. The fraction of sp³-hybridized carbons (Fsp3) is 0.348. The van der Waals surface area contributed by atoms with Gasteiger partial charge in [0.2, 0.25) is 5.91 Å². The van der Waals surface area contributed by atoms with E-state index in [-0.39, 0.29) is 17.9 Å². The van der Waals surface area contributed by atoms with Crippen molar-refractivity contribution in [3.05, 3.63) is 70.2 Å². The van der Waals surface area contributed by atoms with E-state index in [1.165, 1.54) is 5.56 Å². The molecule has 0 saturated heterocycles. The Morgan fingerprint density at radius 1 is 1.10 bits per heavy atom. The predicted molar refractivity (Wildman–Crippen MR) is 123 cm³/mol. The number of nitrogens with one attached hydrogen (secondary N) is 3. The van der Waals surface area contributed by atoms with Gasteiger partial charge in [0, 0.05) is 29.1 Å². The maximum absolute atomic E-state index is 12.0. The van der Waals surface area contributed by atoms with Gasteiger partial charge in [0.1, 0.15) is 0 Å². The smallest absolute Gasteiger partial charge is 0.251 e. The van der Waals surface area contributed by atoms with Crippen LogP contribution >= 0.6 is 11.6 Å². The molecule has 8 heteroatoms. The van der Waals surface area contributed by atoms with E-state index in [1.54, 1.807) is 12.1 Å². The standard InChI is InChI=1S/C23H28ClN5O2/c1-2-26-22(29-15-23(10-11-23)18-4-3-5-19(24)12-18)28-13-16-6-8-17(9-7-16)21(31)27-14-20(25)30/h3-9,12H,2,10-11,13-15H2,1H3,(H2,25,30)(H,27,31)(H2,26,28,29). The number of nitrogens with two attached hydrogens (primary N) is 1. The van der Waals surface area contributed by atoms with E-state index in [1.807, 2.05) is 37.3 Å². The molecule has 31 heavy (non-hydrogen) atoms. The average Bonchev–Trinajstić information content (AvgIpc) is 3.55. The summed E-state index contributed by atoms with van der Waals surface area (Å²) in [7, 11) is 0. The van der Waals surface area contributed by atoms with Crippen molar-refractivity contribution in [2.75, 3.05) is 19.6 Å². The van der Waals surface area contributed by atoms with Crippen molar-refractivity contribution in [1.82, 2.24) is 16.0 Å². The highest BCUT2D eigenvalue weighted by Gasteiger charge is 2.44. The molecule has 1 saturated carbocycles. The lowest BCUT2D eigenvalue weighted by Gasteiger charge is -2.19. The summed E-state index contributed by atoms with van der Waals surface area (Å²) in [5.74, 6) is -0.162. The molecule has 5 N–H and O–H groups in total. The van der Waals surface area contributed by atoms with Crippen LogP contribution in [0.4, 0.5) is 0 Å². The topological polar surface area (TPSA) is 109 Å². The van der Waals surface area contributed by atoms with Gasteiger partial charge in [0.05, 0.1) is 13.1 Å². The fourth-order valence-corrected chi connectivity index (χ4v) is 3.52. The molecule has 0 radical (unpaired) electrons. The fourth-order valence-electron chi connectivity index (χ4n) is 3.33. The Balaban J connectivity index is 1.58. The van der Waals surface area contributed by atoms with Crippen LogP contribution in [0.5, 0.6) is 0 Å². The molecule has 0 atom stereocenters. The first-order valence-corrected chi connectivity index (χ1v) is 10.7. The normalized spacial score (nSPS) is 14.6. The second-order valence-corrected chi connectivity index (χ2v) is 8.12. The van der Waals surface area contributed by atoms with Crippen molar-refractivity contribution < 1.29 is 9.59 Å². The number of hydrogen-bond donors (Lipinski definition) is 4. The van der Waals surface area contributed by atoms with Crippen LogP contribution in [0.3, 0.4) is 0 Å². The summed E-state index contributed by atoms with van der Waals surface area (Å²) < 4.78 is 0. The Bertz CT molecular complexity index is 955. The monoisotopic (exact) mass is 441 g/mol. The molecule has 1 fully saturated rings. The summed E-state index contributed by atoms with van der Waals surface area (Å²) >= 11 is 6.17. The Morgan fingerprint density at radius 3 is 2.45 bits per heavy atom. The third kappa shape index (κ3) is 6.46. The molecule has 0 spiro atoms. The van der Waals surface area contributed by atoms with Crippen LogP contribution in [0.1, 0.15) is 41.3 Å². The highest BCUT2D eigenvalue weighted by molar-refractivity contribution is 6.30. The Hall–Kier alpha value is -3.06. The minimum absolute atomic E-state index is 0.112. The van der Waals surface area contributed by atoms with Crippen molar-refractivity contribution in [1.29, 1.82) is 0 Å². The molecule has 0 heterocycles. The molecule has 0 bridgehead atoms. The summed E-state index contributed by atoms with van der Waals surface area (Å²) in [4.78, 5) is 27.4. The van der Waals surface area contributed by atoms with Gasteiger partial charge < -0.3 is 21.7 Å². The Morgan fingerprint density at radius 2 is 1.84 bits per heavy atom. The van der Waals surface area contributed by atoms with Crippen LogP contribution in [0, 0.1) is 0 Å². The Kier molecular flexibility index (Phi) is 7.52. The number of benzene rings is 2. The number of carbonyl (C=O) groups is 2. The molecule has 2 amide bonds.